The largest absolute Gasteiger partial charge is 0.454 e. The number of anilines is 2. The number of ether oxygens (including phenoxy) is 2. The maximum absolute atomic E-state index is 13.5. The van der Waals surface area contributed by atoms with E-state index in [0.717, 1.165) is 54.2 Å². The summed E-state index contributed by atoms with van der Waals surface area (Å²) < 4.78 is 10.9. The Morgan fingerprint density at radius 2 is 1.73 bits per heavy atom. The van der Waals surface area contributed by atoms with Crippen LogP contribution in [0, 0.1) is 0 Å². The summed E-state index contributed by atoms with van der Waals surface area (Å²) in [4.78, 5) is 32.0. The van der Waals surface area contributed by atoms with Crippen molar-refractivity contribution in [1.82, 2.24) is 9.80 Å². The van der Waals surface area contributed by atoms with Gasteiger partial charge in [0, 0.05) is 51.8 Å². The molecule has 0 spiro atoms. The molecule has 210 valence electrons. The van der Waals surface area contributed by atoms with E-state index in [2.05, 4.69) is 46.4 Å². The molecule has 0 unspecified atom stereocenters. The Hall–Kier alpha value is -4.08. The van der Waals surface area contributed by atoms with Crippen LogP contribution < -0.4 is 25.4 Å². The second kappa shape index (κ2) is 12.4. The van der Waals surface area contributed by atoms with Gasteiger partial charge in [0.25, 0.3) is 5.91 Å². The van der Waals surface area contributed by atoms with Gasteiger partial charge in [0.2, 0.25) is 12.7 Å². The summed E-state index contributed by atoms with van der Waals surface area (Å²) in [6.07, 6.45) is 0.698. The Morgan fingerprint density at radius 3 is 2.50 bits per heavy atom. The van der Waals surface area contributed by atoms with Crippen molar-refractivity contribution in [2.45, 2.75) is 19.9 Å². The molecule has 1 fully saturated rings. The molecule has 9 nitrogen and oxygen atoms in total. The number of rotatable bonds is 9. The van der Waals surface area contributed by atoms with Crippen molar-refractivity contribution in [3.05, 3.63) is 71.8 Å². The first-order chi connectivity index (χ1) is 19.4. The Morgan fingerprint density at radius 1 is 0.950 bits per heavy atom. The van der Waals surface area contributed by atoms with Crippen LogP contribution in [0.3, 0.4) is 0 Å². The molecule has 3 N–H and O–H groups in total. The van der Waals surface area contributed by atoms with E-state index in [1.807, 2.05) is 23.1 Å². The number of piperazine rings is 1. The Labute approximate surface area is 235 Å². The zero-order valence-corrected chi connectivity index (χ0v) is 23.2. The van der Waals surface area contributed by atoms with Gasteiger partial charge in [0.1, 0.15) is 0 Å². The molecule has 40 heavy (non-hydrogen) atoms. The van der Waals surface area contributed by atoms with Crippen molar-refractivity contribution in [3.8, 4) is 22.6 Å². The standard InChI is InChI=1S/C31H37N5O4/c1-22(37)33-27-18-25(7-9-28(27)35-15-13-34(2)14-16-35)24-6-3-5-23(17-24)20-36(12-4-11-32)31(38)26-8-10-29-30(19-26)40-21-39-29/h3,5-10,17-19H,4,11-16,20-21,32H2,1-2H3,(H,33,37). The highest BCUT2D eigenvalue weighted by atomic mass is 16.7. The van der Waals surface area contributed by atoms with Crippen LogP contribution in [0.5, 0.6) is 11.5 Å². The molecule has 0 aliphatic carbocycles. The first kappa shape index (κ1) is 27.5. The molecule has 0 aromatic heterocycles. The third-order valence-corrected chi connectivity index (χ3v) is 7.32. The Kier molecular flexibility index (Phi) is 8.52. The molecule has 2 aliphatic rings. The highest BCUT2D eigenvalue weighted by molar-refractivity contribution is 5.95. The number of hydrogen-bond donors (Lipinski definition) is 2. The topological polar surface area (TPSA) is 100 Å². The number of nitrogens with one attached hydrogen (secondary N) is 1. The van der Waals surface area contributed by atoms with Gasteiger partial charge < -0.3 is 35.2 Å². The number of hydrogen-bond acceptors (Lipinski definition) is 7. The monoisotopic (exact) mass is 543 g/mol. The molecule has 0 atom stereocenters. The van der Waals surface area contributed by atoms with Crippen molar-refractivity contribution < 1.29 is 19.1 Å². The molecule has 5 rings (SSSR count). The second-order valence-electron chi connectivity index (χ2n) is 10.3. The predicted octanol–water partition coefficient (Wildman–Crippen LogP) is 3.78. The van der Waals surface area contributed by atoms with E-state index >= 15 is 0 Å². The van der Waals surface area contributed by atoms with Gasteiger partial charge in [-0.25, -0.2) is 0 Å². The van der Waals surface area contributed by atoms with Crippen LogP contribution in [0.1, 0.15) is 29.3 Å². The molecule has 2 aliphatic heterocycles. The van der Waals surface area contributed by atoms with Crippen LogP contribution in [0.2, 0.25) is 0 Å². The minimum atomic E-state index is -0.0983. The van der Waals surface area contributed by atoms with Crippen LogP contribution in [0.25, 0.3) is 11.1 Å². The smallest absolute Gasteiger partial charge is 0.254 e. The molecule has 0 saturated carbocycles. The van der Waals surface area contributed by atoms with Crippen molar-refractivity contribution >= 4 is 23.2 Å². The van der Waals surface area contributed by atoms with Gasteiger partial charge in [-0.3, -0.25) is 9.59 Å². The maximum atomic E-state index is 13.5. The Balaban J connectivity index is 1.38. The summed E-state index contributed by atoms with van der Waals surface area (Å²) in [6, 6.07) is 19.7. The lowest BCUT2D eigenvalue weighted by Gasteiger charge is -2.35. The molecular weight excluding hydrogens is 506 g/mol. The van der Waals surface area contributed by atoms with Crippen LogP contribution >= 0.6 is 0 Å². The van der Waals surface area contributed by atoms with E-state index in [9.17, 15) is 9.59 Å². The molecule has 2 amide bonds. The number of amides is 2. The summed E-state index contributed by atoms with van der Waals surface area (Å²) >= 11 is 0. The fraction of sp³-hybridized carbons (Fsp3) is 0.355. The summed E-state index contributed by atoms with van der Waals surface area (Å²) in [5.41, 5.74) is 11.2. The van der Waals surface area contributed by atoms with E-state index in [-0.39, 0.29) is 18.6 Å². The molecule has 3 aromatic carbocycles. The number of likely N-dealkylation sites (N-methyl/N-ethyl adjacent to an activating group) is 1. The minimum absolute atomic E-state index is 0.0818. The molecule has 3 aromatic rings. The molecular formula is C31H37N5O4. The predicted molar refractivity (Wildman–Crippen MR) is 157 cm³/mol. The van der Waals surface area contributed by atoms with Crippen LogP contribution in [-0.2, 0) is 11.3 Å². The first-order valence-corrected chi connectivity index (χ1v) is 13.7. The second-order valence-corrected chi connectivity index (χ2v) is 10.3. The van der Waals surface area contributed by atoms with E-state index in [0.29, 0.717) is 43.1 Å². The van der Waals surface area contributed by atoms with Gasteiger partial charge in [-0.15, -0.1) is 0 Å². The highest BCUT2D eigenvalue weighted by Gasteiger charge is 2.21. The zero-order chi connectivity index (χ0) is 28.1. The van der Waals surface area contributed by atoms with Crippen LogP contribution in [0.15, 0.2) is 60.7 Å². The number of carbonyl (C=O) groups excluding carboxylic acids is 2. The quantitative estimate of drug-likeness (QED) is 0.424. The number of fused-ring (bicyclic) bond motifs is 1. The third kappa shape index (κ3) is 6.38. The van der Waals surface area contributed by atoms with E-state index in [1.54, 1.807) is 18.2 Å². The van der Waals surface area contributed by atoms with Crippen LogP contribution in [-0.4, -0.2) is 74.7 Å². The Bertz CT molecular complexity index is 1370. The van der Waals surface area contributed by atoms with Crippen molar-refractivity contribution in [3.63, 3.8) is 0 Å². The average Bonchev–Trinajstić information content (AvgIpc) is 3.43. The van der Waals surface area contributed by atoms with Gasteiger partial charge in [0.15, 0.2) is 11.5 Å². The molecule has 0 radical (unpaired) electrons. The number of nitrogens with two attached hydrogens (primary N) is 1. The fourth-order valence-corrected chi connectivity index (χ4v) is 5.14. The fourth-order valence-electron chi connectivity index (χ4n) is 5.14. The molecule has 9 heteroatoms. The lowest BCUT2D eigenvalue weighted by Crippen LogP contribution is -2.44. The molecule has 0 bridgehead atoms. The normalized spacial score (nSPS) is 14.7. The molecule has 1 saturated heterocycles. The summed E-state index contributed by atoms with van der Waals surface area (Å²) in [6.45, 7) is 6.96. The van der Waals surface area contributed by atoms with Gasteiger partial charge >= 0.3 is 0 Å². The number of carbonyl (C=O) groups is 2. The minimum Gasteiger partial charge on any atom is -0.454 e. The third-order valence-electron chi connectivity index (χ3n) is 7.32. The van der Waals surface area contributed by atoms with E-state index in [1.165, 1.54) is 6.92 Å². The van der Waals surface area contributed by atoms with Gasteiger partial charge in [0.05, 0.1) is 11.4 Å². The van der Waals surface area contributed by atoms with Crippen molar-refractivity contribution in [2.75, 3.05) is 63.3 Å². The van der Waals surface area contributed by atoms with E-state index < -0.39 is 0 Å². The van der Waals surface area contributed by atoms with Gasteiger partial charge in [-0.2, -0.15) is 0 Å². The lowest BCUT2D eigenvalue weighted by atomic mass is 10.0. The van der Waals surface area contributed by atoms with Crippen molar-refractivity contribution in [2.24, 2.45) is 5.73 Å². The maximum Gasteiger partial charge on any atom is 0.254 e. The van der Waals surface area contributed by atoms with Crippen LogP contribution in [0.4, 0.5) is 11.4 Å². The highest BCUT2D eigenvalue weighted by Crippen LogP contribution is 2.34. The first-order valence-electron chi connectivity index (χ1n) is 13.7. The van der Waals surface area contributed by atoms with E-state index in [4.69, 9.17) is 15.2 Å². The number of benzene rings is 3. The average molecular weight is 544 g/mol. The summed E-state index contributed by atoms with van der Waals surface area (Å²) in [5, 5.41) is 3.03. The SMILES string of the molecule is CC(=O)Nc1cc(-c2cccc(CN(CCCN)C(=O)c3ccc4c(c3)OCO4)c2)ccc1N1CCN(C)CC1. The number of nitrogens with zero attached hydrogens (tertiary/aromatic N) is 3. The van der Waals surface area contributed by atoms with Gasteiger partial charge in [-0.05, 0) is 73.1 Å². The van der Waals surface area contributed by atoms with Crippen molar-refractivity contribution in [1.29, 1.82) is 0 Å². The van der Waals surface area contributed by atoms with Gasteiger partial charge in [-0.1, -0.05) is 24.3 Å². The summed E-state index contributed by atoms with van der Waals surface area (Å²) in [5.74, 6) is 1.05. The zero-order valence-electron chi connectivity index (χ0n) is 23.2. The molecule has 2 heterocycles. The summed E-state index contributed by atoms with van der Waals surface area (Å²) in [7, 11) is 2.13. The lowest BCUT2D eigenvalue weighted by molar-refractivity contribution is -0.114.